The van der Waals surface area contributed by atoms with Gasteiger partial charge in [0.1, 0.15) is 0 Å². The van der Waals surface area contributed by atoms with Gasteiger partial charge in [-0.05, 0) is 37.5 Å². The molecule has 2 atom stereocenters. The van der Waals surface area contributed by atoms with Crippen LogP contribution in [0.4, 0.5) is 18.3 Å². The van der Waals surface area contributed by atoms with Crippen LogP contribution in [0.5, 0.6) is 0 Å². The monoisotopic (exact) mass is 406 g/mol. The third kappa shape index (κ3) is 4.17. The average molecular weight is 406 g/mol. The Kier molecular flexibility index (Phi) is 5.00. The Hall–Kier alpha value is -1.68. The molecule has 142 valence electrons. The minimum atomic E-state index is -4.28. The molecule has 0 saturated heterocycles. The van der Waals surface area contributed by atoms with Crippen molar-refractivity contribution in [3.63, 3.8) is 0 Å². The second-order valence-electron chi connectivity index (χ2n) is 6.51. The van der Waals surface area contributed by atoms with Gasteiger partial charge in [-0.2, -0.15) is 13.2 Å². The molecule has 1 heterocycles. The van der Waals surface area contributed by atoms with Gasteiger partial charge in [0.25, 0.3) is 0 Å². The molecule has 1 aromatic heterocycles. The maximum atomic E-state index is 12.9. The van der Waals surface area contributed by atoms with E-state index in [2.05, 4.69) is 10.3 Å². The van der Waals surface area contributed by atoms with Crippen LogP contribution in [-0.2, 0) is 14.6 Å². The van der Waals surface area contributed by atoms with Crippen LogP contribution in [-0.4, -0.2) is 31.7 Å². The van der Waals surface area contributed by atoms with Crippen LogP contribution in [0.1, 0.15) is 25.7 Å². The van der Waals surface area contributed by atoms with E-state index >= 15 is 0 Å². The number of aromatic nitrogens is 1. The molecule has 1 aliphatic rings. The van der Waals surface area contributed by atoms with E-state index in [1.54, 1.807) is 0 Å². The summed E-state index contributed by atoms with van der Waals surface area (Å²) in [5.74, 6) is -2.62. The summed E-state index contributed by atoms with van der Waals surface area (Å²) in [6, 6.07) is 4.44. The number of anilines is 1. The number of carbonyl (C=O) groups excluding carboxylic acids is 1. The number of nitrogens with one attached hydrogen (secondary N) is 1. The molecule has 1 amide bonds. The predicted octanol–water partition coefficient (Wildman–Crippen LogP) is 4.01. The Morgan fingerprint density at radius 1 is 1.31 bits per heavy atom. The minimum absolute atomic E-state index is 0.0582. The third-order valence-electron chi connectivity index (χ3n) is 4.53. The number of carbonyl (C=O) groups is 1. The second kappa shape index (κ2) is 6.80. The number of rotatable bonds is 3. The third-order valence-corrected chi connectivity index (χ3v) is 6.57. The van der Waals surface area contributed by atoms with Crippen LogP contribution in [0, 0.1) is 11.8 Å². The van der Waals surface area contributed by atoms with E-state index < -0.39 is 33.8 Å². The summed E-state index contributed by atoms with van der Waals surface area (Å²) in [6.07, 6.45) is -2.56. The number of alkyl halides is 3. The maximum Gasteiger partial charge on any atom is 0.391 e. The second-order valence-corrected chi connectivity index (χ2v) is 9.56. The zero-order valence-corrected chi connectivity index (χ0v) is 15.5. The molecule has 1 N–H and O–H groups in total. The summed E-state index contributed by atoms with van der Waals surface area (Å²) in [5.41, 5.74) is 0.523. The normalized spacial score (nSPS) is 21.7. The molecule has 1 aromatic carbocycles. The first-order chi connectivity index (χ1) is 12.0. The van der Waals surface area contributed by atoms with E-state index in [0.29, 0.717) is 23.1 Å². The first kappa shape index (κ1) is 19.1. The number of amides is 1. The van der Waals surface area contributed by atoms with Crippen molar-refractivity contribution in [2.24, 2.45) is 11.8 Å². The fourth-order valence-electron chi connectivity index (χ4n) is 3.12. The molecule has 3 rings (SSSR count). The van der Waals surface area contributed by atoms with Crippen molar-refractivity contribution in [1.82, 2.24) is 4.98 Å². The Bertz CT molecular complexity index is 938. The highest BCUT2D eigenvalue weighted by atomic mass is 32.2. The highest BCUT2D eigenvalue weighted by molar-refractivity contribution is 7.90. The molecule has 0 spiro atoms. The Balaban J connectivity index is 1.75. The van der Waals surface area contributed by atoms with E-state index in [0.717, 1.165) is 17.6 Å². The summed E-state index contributed by atoms with van der Waals surface area (Å²) in [5, 5.41) is 2.84. The van der Waals surface area contributed by atoms with Crippen LogP contribution in [0.2, 0.25) is 0 Å². The van der Waals surface area contributed by atoms with E-state index in [1.165, 1.54) is 18.2 Å². The average Bonchev–Trinajstić information content (AvgIpc) is 2.94. The maximum absolute atomic E-state index is 12.9. The standard InChI is InChI=1S/C16H17F3N2O3S2/c1-26(23,24)11-5-6-12-13(8-11)25-15(20-12)21-14(22)9-3-2-4-10(7-9)16(17,18)19/h5-6,8-10H,2-4,7H2,1H3,(H,20,21,22)/t9-,10+/m1/s1. The number of sulfone groups is 1. The molecule has 1 saturated carbocycles. The molecular formula is C16H17F3N2O3S2. The van der Waals surface area contributed by atoms with Crippen molar-refractivity contribution in [3.05, 3.63) is 18.2 Å². The van der Waals surface area contributed by atoms with Crippen LogP contribution < -0.4 is 5.32 Å². The molecule has 0 bridgehead atoms. The highest BCUT2D eigenvalue weighted by Crippen LogP contribution is 2.40. The van der Waals surface area contributed by atoms with Gasteiger partial charge >= 0.3 is 6.18 Å². The zero-order valence-electron chi connectivity index (χ0n) is 13.8. The summed E-state index contributed by atoms with van der Waals surface area (Å²) in [6.45, 7) is 0. The minimum Gasteiger partial charge on any atom is -0.302 e. The lowest BCUT2D eigenvalue weighted by atomic mass is 9.80. The first-order valence-corrected chi connectivity index (χ1v) is 10.7. The van der Waals surface area contributed by atoms with Gasteiger partial charge in [0.2, 0.25) is 5.91 Å². The molecule has 0 aliphatic heterocycles. The molecule has 1 fully saturated rings. The lowest BCUT2D eigenvalue weighted by Gasteiger charge is -2.29. The largest absolute Gasteiger partial charge is 0.391 e. The van der Waals surface area contributed by atoms with Crippen LogP contribution in [0.3, 0.4) is 0 Å². The summed E-state index contributed by atoms with van der Waals surface area (Å²) >= 11 is 1.10. The number of thiazole rings is 1. The Morgan fingerprint density at radius 2 is 2.04 bits per heavy atom. The molecule has 10 heteroatoms. The van der Waals surface area contributed by atoms with E-state index in [9.17, 15) is 26.4 Å². The number of halogens is 3. The van der Waals surface area contributed by atoms with Crippen LogP contribution >= 0.6 is 11.3 Å². The van der Waals surface area contributed by atoms with Gasteiger partial charge in [0.05, 0.1) is 21.0 Å². The topological polar surface area (TPSA) is 76.1 Å². The molecule has 0 radical (unpaired) electrons. The molecule has 5 nitrogen and oxygen atoms in total. The fraction of sp³-hybridized carbons (Fsp3) is 0.500. The molecule has 1 aliphatic carbocycles. The number of hydrogen-bond acceptors (Lipinski definition) is 5. The van der Waals surface area contributed by atoms with Gasteiger partial charge in [-0.25, -0.2) is 13.4 Å². The number of benzene rings is 1. The Labute approximate surface area is 152 Å². The van der Waals surface area contributed by atoms with Gasteiger partial charge in [0.15, 0.2) is 15.0 Å². The smallest absolute Gasteiger partial charge is 0.302 e. The summed E-state index contributed by atoms with van der Waals surface area (Å²) in [4.78, 5) is 16.7. The Morgan fingerprint density at radius 3 is 2.69 bits per heavy atom. The zero-order chi connectivity index (χ0) is 19.1. The van der Waals surface area contributed by atoms with E-state index in [-0.39, 0.29) is 22.9 Å². The van der Waals surface area contributed by atoms with Crippen molar-refractivity contribution < 1.29 is 26.4 Å². The lowest BCUT2D eigenvalue weighted by molar-refractivity contribution is -0.185. The molecular weight excluding hydrogens is 389 g/mol. The summed E-state index contributed by atoms with van der Waals surface area (Å²) in [7, 11) is -3.36. The predicted molar refractivity (Wildman–Crippen MR) is 92.9 cm³/mol. The lowest BCUT2D eigenvalue weighted by Crippen LogP contribution is -2.34. The van der Waals surface area contributed by atoms with Crippen molar-refractivity contribution >= 4 is 42.4 Å². The SMILES string of the molecule is CS(=O)(=O)c1ccc2nc(NC(=O)[C@@H]3CCC[C@H](C(F)(F)F)C3)sc2c1. The highest BCUT2D eigenvalue weighted by Gasteiger charge is 2.43. The van der Waals surface area contributed by atoms with E-state index in [1.807, 2.05) is 0 Å². The fourth-order valence-corrected chi connectivity index (χ4v) is 4.75. The quantitative estimate of drug-likeness (QED) is 0.836. The van der Waals surface area contributed by atoms with Crippen LogP contribution in [0.25, 0.3) is 10.2 Å². The van der Waals surface area contributed by atoms with E-state index in [4.69, 9.17) is 0 Å². The number of fused-ring (bicyclic) bond motifs is 1. The van der Waals surface area contributed by atoms with Gasteiger partial charge in [-0.3, -0.25) is 4.79 Å². The molecule has 0 unspecified atom stereocenters. The van der Waals surface area contributed by atoms with Gasteiger partial charge in [0, 0.05) is 12.2 Å². The first-order valence-electron chi connectivity index (χ1n) is 8.02. The van der Waals surface area contributed by atoms with Crippen molar-refractivity contribution in [3.8, 4) is 0 Å². The molecule has 26 heavy (non-hydrogen) atoms. The number of hydrogen-bond donors (Lipinski definition) is 1. The van der Waals surface area contributed by atoms with Crippen molar-refractivity contribution in [2.45, 2.75) is 36.8 Å². The van der Waals surface area contributed by atoms with Crippen LogP contribution in [0.15, 0.2) is 23.1 Å². The summed E-state index contributed by atoms with van der Waals surface area (Å²) < 4.78 is 62.5. The van der Waals surface area contributed by atoms with Crippen molar-refractivity contribution in [1.29, 1.82) is 0 Å². The van der Waals surface area contributed by atoms with Gasteiger partial charge < -0.3 is 5.32 Å². The number of nitrogens with zero attached hydrogens (tertiary/aromatic N) is 1. The van der Waals surface area contributed by atoms with Crippen molar-refractivity contribution in [2.75, 3.05) is 11.6 Å². The van der Waals surface area contributed by atoms with Gasteiger partial charge in [-0.1, -0.05) is 17.8 Å². The van der Waals surface area contributed by atoms with Gasteiger partial charge in [-0.15, -0.1) is 0 Å². The molecule has 2 aromatic rings.